The number of fused-ring (bicyclic) bond motifs is 1. The minimum Gasteiger partial charge on any atom is -0.487 e. The van der Waals surface area contributed by atoms with Gasteiger partial charge in [0.15, 0.2) is 0 Å². The van der Waals surface area contributed by atoms with Crippen LogP contribution in [0.5, 0.6) is 5.75 Å². The van der Waals surface area contributed by atoms with Gasteiger partial charge in [-0.15, -0.1) is 11.3 Å². The minimum absolute atomic E-state index is 0.0781. The number of aromatic nitrogens is 1. The molecule has 0 spiro atoms. The number of nitrogens with zero attached hydrogens (tertiary/aromatic N) is 2. The maximum absolute atomic E-state index is 13.6. The standard InChI is InChI=1S/C26H30N2O5S2/c1-4-5-12-28(35(30,31)26-27-11-13-34-26)23-15-19-7-6-8-20(19)16-24(23)33-17-22-10-9-21(14-18(22)2)25(29)32-3/h9-11,13-16H,4-8,12,17H2,1-3H3. The Bertz CT molecular complexity index is 1300. The molecule has 7 nitrogen and oxygen atoms in total. The number of thiazole rings is 1. The van der Waals surface area contributed by atoms with E-state index in [1.54, 1.807) is 17.5 Å². The summed E-state index contributed by atoms with van der Waals surface area (Å²) in [4.78, 5) is 15.9. The van der Waals surface area contributed by atoms with Crippen LogP contribution in [0.15, 0.2) is 46.2 Å². The van der Waals surface area contributed by atoms with Crippen molar-refractivity contribution in [1.29, 1.82) is 0 Å². The molecule has 0 N–H and O–H groups in total. The van der Waals surface area contributed by atoms with E-state index in [0.29, 0.717) is 23.5 Å². The Kier molecular flexibility index (Phi) is 7.76. The lowest BCUT2D eigenvalue weighted by Crippen LogP contribution is -2.32. The lowest BCUT2D eigenvalue weighted by atomic mass is 10.1. The number of aryl methyl sites for hydroxylation is 3. The highest BCUT2D eigenvalue weighted by molar-refractivity contribution is 7.94. The maximum atomic E-state index is 13.6. The fourth-order valence-electron chi connectivity index (χ4n) is 4.26. The number of hydrogen-bond acceptors (Lipinski definition) is 7. The van der Waals surface area contributed by atoms with Crippen molar-refractivity contribution in [3.63, 3.8) is 0 Å². The molecular formula is C26H30N2O5S2. The summed E-state index contributed by atoms with van der Waals surface area (Å²) in [5, 5.41) is 1.67. The second-order valence-electron chi connectivity index (χ2n) is 8.59. The summed E-state index contributed by atoms with van der Waals surface area (Å²) in [7, 11) is -2.47. The monoisotopic (exact) mass is 514 g/mol. The summed E-state index contributed by atoms with van der Waals surface area (Å²) in [6, 6.07) is 9.30. The number of methoxy groups -OCH3 is 1. The van der Waals surface area contributed by atoms with Crippen molar-refractivity contribution < 1.29 is 22.7 Å². The van der Waals surface area contributed by atoms with Crippen molar-refractivity contribution in [2.45, 2.75) is 56.9 Å². The molecule has 186 valence electrons. The number of ether oxygens (including phenoxy) is 2. The zero-order valence-corrected chi connectivity index (χ0v) is 21.9. The first-order valence-corrected chi connectivity index (χ1v) is 14.1. The highest BCUT2D eigenvalue weighted by Crippen LogP contribution is 2.39. The molecule has 1 heterocycles. The molecule has 35 heavy (non-hydrogen) atoms. The van der Waals surface area contributed by atoms with Crippen LogP contribution in [0, 0.1) is 6.92 Å². The average molecular weight is 515 g/mol. The maximum Gasteiger partial charge on any atom is 0.337 e. The van der Waals surface area contributed by atoms with Gasteiger partial charge in [0.1, 0.15) is 12.4 Å². The predicted octanol–water partition coefficient (Wildman–Crippen LogP) is 5.30. The number of sulfonamides is 1. The highest BCUT2D eigenvalue weighted by Gasteiger charge is 2.30. The molecule has 0 radical (unpaired) electrons. The second-order valence-corrected chi connectivity index (χ2v) is 11.5. The largest absolute Gasteiger partial charge is 0.487 e. The van der Waals surface area contributed by atoms with Crippen LogP contribution < -0.4 is 9.04 Å². The quantitative estimate of drug-likeness (QED) is 0.341. The zero-order valence-electron chi connectivity index (χ0n) is 20.2. The van der Waals surface area contributed by atoms with E-state index < -0.39 is 10.0 Å². The van der Waals surface area contributed by atoms with E-state index in [1.807, 2.05) is 32.0 Å². The molecule has 0 atom stereocenters. The second kappa shape index (κ2) is 10.8. The van der Waals surface area contributed by atoms with Crippen LogP contribution >= 0.6 is 11.3 Å². The molecular weight excluding hydrogens is 484 g/mol. The SMILES string of the molecule is CCCCN(c1cc2c(cc1OCc1ccc(C(=O)OC)cc1C)CCC2)S(=O)(=O)c1nccs1. The molecule has 0 saturated carbocycles. The van der Waals surface area contributed by atoms with E-state index in [1.165, 1.54) is 28.7 Å². The number of anilines is 1. The topological polar surface area (TPSA) is 85.8 Å². The van der Waals surface area contributed by atoms with Crippen molar-refractivity contribution >= 4 is 33.0 Å². The Balaban J connectivity index is 1.70. The normalized spacial score (nSPS) is 12.9. The van der Waals surface area contributed by atoms with Crippen LogP contribution in [0.3, 0.4) is 0 Å². The number of carbonyl (C=O) groups excluding carboxylic acids is 1. The molecule has 1 aliphatic carbocycles. The van der Waals surface area contributed by atoms with Gasteiger partial charge in [0, 0.05) is 18.1 Å². The van der Waals surface area contributed by atoms with Crippen molar-refractivity contribution in [2.24, 2.45) is 0 Å². The Morgan fingerprint density at radius 3 is 2.60 bits per heavy atom. The van der Waals surface area contributed by atoms with Gasteiger partial charge in [0.2, 0.25) is 4.34 Å². The number of esters is 1. The van der Waals surface area contributed by atoms with Gasteiger partial charge in [-0.1, -0.05) is 19.4 Å². The summed E-state index contributed by atoms with van der Waals surface area (Å²) in [6.07, 6.45) is 6.01. The van der Waals surface area contributed by atoms with Crippen molar-refractivity contribution in [1.82, 2.24) is 4.98 Å². The molecule has 0 bridgehead atoms. The fraction of sp³-hybridized carbons (Fsp3) is 0.385. The molecule has 0 aliphatic heterocycles. The third-order valence-electron chi connectivity index (χ3n) is 6.22. The summed E-state index contributed by atoms with van der Waals surface area (Å²) in [5.74, 6) is 0.152. The molecule has 0 saturated heterocycles. The van der Waals surface area contributed by atoms with Crippen LogP contribution in [0.25, 0.3) is 0 Å². The van der Waals surface area contributed by atoms with Gasteiger partial charge in [-0.05, 0) is 79.1 Å². The first-order chi connectivity index (χ1) is 16.8. The number of rotatable bonds is 10. The van der Waals surface area contributed by atoms with Gasteiger partial charge in [-0.2, -0.15) is 8.42 Å². The van der Waals surface area contributed by atoms with Crippen molar-refractivity contribution in [3.05, 3.63) is 69.7 Å². The molecule has 1 aliphatic rings. The minimum atomic E-state index is -3.82. The van der Waals surface area contributed by atoms with E-state index in [0.717, 1.165) is 54.6 Å². The molecule has 0 amide bonds. The van der Waals surface area contributed by atoms with Crippen LogP contribution in [0.2, 0.25) is 0 Å². The van der Waals surface area contributed by atoms with Gasteiger partial charge in [-0.25, -0.2) is 9.78 Å². The van der Waals surface area contributed by atoms with Crippen molar-refractivity contribution in [2.75, 3.05) is 18.0 Å². The van der Waals surface area contributed by atoms with E-state index >= 15 is 0 Å². The number of unbranched alkanes of at least 4 members (excludes halogenated alkanes) is 1. The Hall–Kier alpha value is -2.91. The number of hydrogen-bond donors (Lipinski definition) is 0. The lowest BCUT2D eigenvalue weighted by Gasteiger charge is -2.26. The molecule has 0 fully saturated rings. The molecule has 1 aromatic heterocycles. The molecule has 4 rings (SSSR count). The van der Waals surface area contributed by atoms with Crippen LogP contribution in [0.4, 0.5) is 5.69 Å². The molecule has 2 aromatic carbocycles. The van der Waals surface area contributed by atoms with Crippen molar-refractivity contribution in [3.8, 4) is 5.75 Å². The summed E-state index contributed by atoms with van der Waals surface area (Å²) in [6.45, 7) is 4.54. The highest BCUT2D eigenvalue weighted by atomic mass is 32.2. The summed E-state index contributed by atoms with van der Waals surface area (Å²) >= 11 is 1.12. The predicted molar refractivity (Wildman–Crippen MR) is 137 cm³/mol. The average Bonchev–Trinajstić information content (AvgIpc) is 3.55. The summed E-state index contributed by atoms with van der Waals surface area (Å²) < 4.78 is 39.8. The van der Waals surface area contributed by atoms with E-state index in [-0.39, 0.29) is 16.9 Å². The Morgan fingerprint density at radius 2 is 1.94 bits per heavy atom. The molecule has 3 aromatic rings. The first kappa shape index (κ1) is 25.2. The van der Waals surface area contributed by atoms with Gasteiger partial charge < -0.3 is 9.47 Å². The Morgan fingerprint density at radius 1 is 1.17 bits per heavy atom. The fourth-order valence-corrected chi connectivity index (χ4v) is 6.70. The first-order valence-electron chi connectivity index (χ1n) is 11.7. The smallest absolute Gasteiger partial charge is 0.337 e. The molecule has 0 unspecified atom stereocenters. The lowest BCUT2D eigenvalue weighted by molar-refractivity contribution is 0.0600. The van der Waals surface area contributed by atoms with E-state index in [4.69, 9.17) is 9.47 Å². The third-order valence-corrected chi connectivity index (χ3v) is 9.22. The van der Waals surface area contributed by atoms with Crippen LogP contribution in [-0.2, 0) is 34.2 Å². The van der Waals surface area contributed by atoms with Gasteiger partial charge >= 0.3 is 5.97 Å². The zero-order chi connectivity index (χ0) is 25.0. The molecule has 9 heteroatoms. The van der Waals surface area contributed by atoms with Crippen LogP contribution in [0.1, 0.15) is 58.8 Å². The number of carbonyl (C=O) groups is 1. The van der Waals surface area contributed by atoms with E-state index in [9.17, 15) is 13.2 Å². The van der Waals surface area contributed by atoms with Gasteiger partial charge in [-0.3, -0.25) is 4.31 Å². The van der Waals surface area contributed by atoms with Gasteiger partial charge in [0.05, 0.1) is 18.4 Å². The summed E-state index contributed by atoms with van der Waals surface area (Å²) in [5.41, 5.74) is 5.21. The van der Waals surface area contributed by atoms with Gasteiger partial charge in [0.25, 0.3) is 10.0 Å². The number of benzene rings is 2. The van der Waals surface area contributed by atoms with E-state index in [2.05, 4.69) is 4.98 Å². The van der Waals surface area contributed by atoms with Crippen LogP contribution in [-0.4, -0.2) is 33.0 Å². The Labute approximate surface area is 210 Å². The third kappa shape index (κ3) is 5.36.